The summed E-state index contributed by atoms with van der Waals surface area (Å²) in [5, 5.41) is 0. The van der Waals surface area contributed by atoms with E-state index in [4.69, 9.17) is 15.2 Å². The van der Waals surface area contributed by atoms with Crippen molar-refractivity contribution in [1.29, 1.82) is 0 Å². The molecule has 0 radical (unpaired) electrons. The van der Waals surface area contributed by atoms with Gasteiger partial charge in [0.25, 0.3) is 5.56 Å². The van der Waals surface area contributed by atoms with E-state index in [2.05, 4.69) is 4.98 Å². The molecule has 2 heterocycles. The molecule has 1 fully saturated rings. The van der Waals surface area contributed by atoms with Crippen LogP contribution in [0.4, 0.5) is 5.82 Å². The van der Waals surface area contributed by atoms with E-state index in [9.17, 15) is 19.2 Å². The molecule has 0 bridgehead atoms. The summed E-state index contributed by atoms with van der Waals surface area (Å²) in [6.07, 6.45) is 1.04. The number of Topliss-reactive ketones (excluding diaryl/α,β-unsaturated/α-hetero) is 1. The summed E-state index contributed by atoms with van der Waals surface area (Å²) in [6.45, 7) is 2.29. The van der Waals surface area contributed by atoms with Gasteiger partial charge < -0.3 is 20.1 Å². The number of aromatic amines is 1. The highest BCUT2D eigenvalue weighted by molar-refractivity contribution is 6.01. The largest absolute Gasteiger partial charge is 0.497 e. The monoisotopic (exact) mass is 473 g/mol. The maximum atomic E-state index is 12.8. The van der Waals surface area contributed by atoms with Crippen molar-refractivity contribution in [3.05, 3.63) is 56.2 Å². The van der Waals surface area contributed by atoms with Gasteiger partial charge in [-0.15, -0.1) is 0 Å². The Morgan fingerprint density at radius 3 is 2.35 bits per heavy atom. The number of piperazine rings is 1. The number of nitrogens with zero attached hydrogens (tertiary/aromatic N) is 3. The number of H-pyrrole nitrogens is 1. The van der Waals surface area contributed by atoms with Gasteiger partial charge in [0.2, 0.25) is 5.91 Å². The van der Waals surface area contributed by atoms with E-state index >= 15 is 0 Å². The number of nitrogens with two attached hydrogens (primary N) is 1. The Balaban J connectivity index is 1.53. The number of nitrogen functional groups attached to an aromatic ring is 1. The Kier molecular flexibility index (Phi) is 8.61. The van der Waals surface area contributed by atoms with Crippen LogP contribution in [0.3, 0.4) is 0 Å². The van der Waals surface area contributed by atoms with E-state index in [0.717, 1.165) is 15.9 Å². The molecule has 34 heavy (non-hydrogen) atoms. The van der Waals surface area contributed by atoms with Crippen molar-refractivity contribution in [2.24, 2.45) is 0 Å². The molecule has 2 aromatic rings. The van der Waals surface area contributed by atoms with Gasteiger partial charge in [-0.05, 0) is 24.1 Å². The molecule has 1 saturated heterocycles. The molecule has 0 spiro atoms. The van der Waals surface area contributed by atoms with Crippen molar-refractivity contribution in [2.75, 3.05) is 59.3 Å². The number of carbonyl (C=O) groups excluding carboxylic acids is 2. The van der Waals surface area contributed by atoms with Gasteiger partial charge >= 0.3 is 5.69 Å². The molecule has 0 saturated carbocycles. The molecule has 11 nitrogen and oxygen atoms in total. The molecule has 1 aromatic carbocycles. The third kappa shape index (κ3) is 6.12. The first-order valence-electron chi connectivity index (χ1n) is 11.1. The summed E-state index contributed by atoms with van der Waals surface area (Å²) in [5.41, 5.74) is 5.33. The van der Waals surface area contributed by atoms with Crippen LogP contribution in [0.15, 0.2) is 33.9 Å². The molecule has 11 heteroatoms. The van der Waals surface area contributed by atoms with Crippen LogP contribution < -0.4 is 21.7 Å². The maximum Gasteiger partial charge on any atom is 0.330 e. The van der Waals surface area contributed by atoms with Crippen molar-refractivity contribution in [2.45, 2.75) is 19.4 Å². The van der Waals surface area contributed by atoms with Gasteiger partial charge in [0, 0.05) is 39.7 Å². The van der Waals surface area contributed by atoms with Crippen molar-refractivity contribution >= 4 is 17.5 Å². The van der Waals surface area contributed by atoms with Crippen LogP contribution in [0.1, 0.15) is 22.3 Å². The van der Waals surface area contributed by atoms with E-state index in [0.29, 0.717) is 39.0 Å². The number of hydrogen-bond acceptors (Lipinski definition) is 8. The second-order valence-electron chi connectivity index (χ2n) is 8.09. The van der Waals surface area contributed by atoms with Gasteiger partial charge in [-0.1, -0.05) is 12.1 Å². The quantitative estimate of drug-likeness (QED) is 0.450. The van der Waals surface area contributed by atoms with E-state index < -0.39 is 17.0 Å². The number of anilines is 1. The van der Waals surface area contributed by atoms with Crippen LogP contribution in [0.2, 0.25) is 0 Å². The standard InChI is InChI=1S/C23H31N5O6/c1-33-14-13-28-21(24)20(22(31)25-23(28)32)18(29)15-26-9-11-27(12-10-26)19(30)8-5-16-3-6-17(34-2)7-4-16/h3-4,6-7H,5,8-15,24H2,1-2H3,(H,25,31,32). The minimum atomic E-state index is -0.798. The van der Waals surface area contributed by atoms with Crippen LogP contribution in [0, 0.1) is 0 Å². The number of rotatable bonds is 10. The molecule has 1 aromatic heterocycles. The summed E-state index contributed by atoms with van der Waals surface area (Å²) in [6, 6.07) is 7.64. The summed E-state index contributed by atoms with van der Waals surface area (Å²) in [7, 11) is 3.09. The highest BCUT2D eigenvalue weighted by Crippen LogP contribution is 2.14. The molecule has 184 valence electrons. The Bertz CT molecular complexity index is 1120. The molecule has 1 amide bonds. The lowest BCUT2D eigenvalue weighted by Gasteiger charge is -2.34. The SMILES string of the molecule is COCCn1c(N)c(C(=O)CN2CCN(C(=O)CCc3ccc(OC)cc3)CC2)c(=O)[nH]c1=O. The third-order valence-corrected chi connectivity index (χ3v) is 5.92. The van der Waals surface area contributed by atoms with Gasteiger partial charge in [0.1, 0.15) is 17.1 Å². The van der Waals surface area contributed by atoms with Crippen molar-refractivity contribution in [3.63, 3.8) is 0 Å². The molecular weight excluding hydrogens is 442 g/mol. The second-order valence-corrected chi connectivity index (χ2v) is 8.09. The predicted octanol–water partition coefficient (Wildman–Crippen LogP) is -0.266. The first kappa shape index (κ1) is 25.2. The number of carbonyl (C=O) groups is 2. The van der Waals surface area contributed by atoms with Crippen molar-refractivity contribution < 1.29 is 19.1 Å². The van der Waals surface area contributed by atoms with E-state index in [1.54, 1.807) is 12.0 Å². The zero-order valence-corrected chi connectivity index (χ0v) is 19.5. The molecule has 0 unspecified atom stereocenters. The number of benzene rings is 1. The van der Waals surface area contributed by atoms with Gasteiger partial charge in [0.15, 0.2) is 5.78 Å². The number of aryl methyl sites for hydroxylation is 1. The van der Waals surface area contributed by atoms with Gasteiger partial charge in [-0.25, -0.2) is 4.79 Å². The fourth-order valence-corrected chi connectivity index (χ4v) is 3.90. The number of ketones is 1. The number of nitrogens with one attached hydrogen (secondary N) is 1. The molecule has 1 aliphatic heterocycles. The average molecular weight is 474 g/mol. The third-order valence-electron chi connectivity index (χ3n) is 5.92. The fourth-order valence-electron chi connectivity index (χ4n) is 3.90. The van der Waals surface area contributed by atoms with Crippen LogP contribution in [0.5, 0.6) is 5.75 Å². The van der Waals surface area contributed by atoms with E-state index in [1.165, 1.54) is 7.11 Å². The zero-order chi connectivity index (χ0) is 24.7. The number of aromatic nitrogens is 2. The normalized spacial score (nSPS) is 14.2. The highest BCUT2D eigenvalue weighted by atomic mass is 16.5. The topological polar surface area (TPSA) is 140 Å². The molecule has 3 rings (SSSR count). The summed E-state index contributed by atoms with van der Waals surface area (Å²) in [4.78, 5) is 55.5. The molecule has 1 aliphatic rings. The van der Waals surface area contributed by atoms with E-state index in [-0.39, 0.29) is 37.0 Å². The van der Waals surface area contributed by atoms with Crippen LogP contribution in [-0.2, 0) is 22.5 Å². The molecule has 0 atom stereocenters. The number of hydrogen-bond donors (Lipinski definition) is 2. The highest BCUT2D eigenvalue weighted by Gasteiger charge is 2.25. The maximum absolute atomic E-state index is 12.8. The van der Waals surface area contributed by atoms with Crippen LogP contribution >= 0.6 is 0 Å². The van der Waals surface area contributed by atoms with Crippen molar-refractivity contribution in [1.82, 2.24) is 19.4 Å². The molecular formula is C23H31N5O6. The first-order valence-corrected chi connectivity index (χ1v) is 11.1. The van der Waals surface area contributed by atoms with Gasteiger partial charge in [-0.3, -0.25) is 28.8 Å². The Labute approximate surface area is 197 Å². The summed E-state index contributed by atoms with van der Waals surface area (Å²) >= 11 is 0. The van der Waals surface area contributed by atoms with Crippen LogP contribution in [-0.4, -0.2) is 84.6 Å². The zero-order valence-electron chi connectivity index (χ0n) is 19.5. The second kappa shape index (κ2) is 11.6. The minimum absolute atomic E-state index is 0.0242. The molecule has 3 N–H and O–H groups in total. The molecule has 0 aliphatic carbocycles. The first-order chi connectivity index (χ1) is 16.3. The predicted molar refractivity (Wildman–Crippen MR) is 126 cm³/mol. The minimum Gasteiger partial charge on any atom is -0.497 e. The van der Waals surface area contributed by atoms with Gasteiger partial charge in [0.05, 0.1) is 26.8 Å². The lowest BCUT2D eigenvalue weighted by atomic mass is 10.1. The smallest absolute Gasteiger partial charge is 0.330 e. The Morgan fingerprint density at radius 2 is 1.74 bits per heavy atom. The van der Waals surface area contributed by atoms with Crippen LogP contribution in [0.25, 0.3) is 0 Å². The number of amides is 1. The Morgan fingerprint density at radius 1 is 1.06 bits per heavy atom. The number of ether oxygens (including phenoxy) is 2. The van der Waals surface area contributed by atoms with Gasteiger partial charge in [-0.2, -0.15) is 0 Å². The number of methoxy groups -OCH3 is 2. The fraction of sp³-hybridized carbons (Fsp3) is 0.478. The summed E-state index contributed by atoms with van der Waals surface area (Å²) < 4.78 is 11.2. The summed E-state index contributed by atoms with van der Waals surface area (Å²) in [5.74, 6) is 0.207. The van der Waals surface area contributed by atoms with Crippen molar-refractivity contribution in [3.8, 4) is 5.75 Å². The van der Waals surface area contributed by atoms with E-state index in [1.807, 2.05) is 29.2 Å². The lowest BCUT2D eigenvalue weighted by Crippen LogP contribution is -2.50. The Hall–Kier alpha value is -3.44. The lowest BCUT2D eigenvalue weighted by molar-refractivity contribution is -0.132. The average Bonchev–Trinajstić information content (AvgIpc) is 2.83.